The number of nitrogens with zero attached hydrogens (tertiary/aromatic N) is 5. The molecule has 0 bridgehead atoms. The third kappa shape index (κ3) is 4.72. The van der Waals surface area contributed by atoms with Gasteiger partial charge in [-0.2, -0.15) is 0 Å². The second-order valence-electron chi connectivity index (χ2n) is 7.08. The fourth-order valence-electron chi connectivity index (χ4n) is 3.58. The van der Waals surface area contributed by atoms with Crippen LogP contribution in [-0.2, 0) is 16.0 Å². The maximum Gasteiger partial charge on any atom is 0.247 e. The lowest BCUT2D eigenvalue weighted by molar-refractivity contribution is -0.139. The summed E-state index contributed by atoms with van der Waals surface area (Å²) in [5.41, 5.74) is 6.49. The van der Waals surface area contributed by atoms with Gasteiger partial charge in [0.05, 0.1) is 5.92 Å². The standard InChI is InChI=1S/C19H27N7O2/c1-14-22-23-24-26(14)17(12-15-6-3-2-4-7-15)19(28)25-11-5-8-16(13-25)18(27)21-10-9-20/h2-4,6-7,16-17H,5,8-13,20H2,1H3,(H,21,27). The van der Waals surface area contributed by atoms with E-state index in [0.29, 0.717) is 38.4 Å². The maximum atomic E-state index is 13.4. The number of carbonyl (C=O) groups is 2. The van der Waals surface area contributed by atoms with Gasteiger partial charge in [0.2, 0.25) is 11.8 Å². The van der Waals surface area contributed by atoms with Gasteiger partial charge in [-0.1, -0.05) is 30.3 Å². The smallest absolute Gasteiger partial charge is 0.247 e. The highest BCUT2D eigenvalue weighted by Gasteiger charge is 2.33. The number of carbonyl (C=O) groups excluding carboxylic acids is 2. The first kappa shape index (κ1) is 19.9. The third-order valence-corrected chi connectivity index (χ3v) is 5.06. The number of piperidine rings is 1. The first-order chi connectivity index (χ1) is 13.6. The van der Waals surface area contributed by atoms with Crippen molar-refractivity contribution in [3.63, 3.8) is 0 Å². The van der Waals surface area contributed by atoms with Crippen LogP contribution in [0.3, 0.4) is 0 Å². The molecule has 1 aliphatic heterocycles. The van der Waals surface area contributed by atoms with E-state index in [2.05, 4.69) is 20.8 Å². The number of aryl methyl sites for hydroxylation is 1. The summed E-state index contributed by atoms with van der Waals surface area (Å²) >= 11 is 0. The van der Waals surface area contributed by atoms with E-state index < -0.39 is 6.04 Å². The number of aromatic nitrogens is 4. The van der Waals surface area contributed by atoms with Crippen LogP contribution >= 0.6 is 0 Å². The monoisotopic (exact) mass is 385 g/mol. The zero-order chi connectivity index (χ0) is 19.9. The van der Waals surface area contributed by atoms with Crippen molar-refractivity contribution < 1.29 is 9.59 Å². The molecule has 2 amide bonds. The van der Waals surface area contributed by atoms with E-state index in [9.17, 15) is 9.59 Å². The van der Waals surface area contributed by atoms with Gasteiger partial charge in [0.25, 0.3) is 0 Å². The lowest BCUT2D eigenvalue weighted by Crippen LogP contribution is -2.48. The Labute approximate surface area is 164 Å². The summed E-state index contributed by atoms with van der Waals surface area (Å²) in [6.07, 6.45) is 2.05. The second kappa shape index (κ2) is 9.41. The van der Waals surface area contributed by atoms with Gasteiger partial charge in [0.1, 0.15) is 11.9 Å². The average molecular weight is 385 g/mol. The van der Waals surface area contributed by atoms with Crippen molar-refractivity contribution in [3.05, 3.63) is 41.7 Å². The Morgan fingerprint density at radius 3 is 2.79 bits per heavy atom. The van der Waals surface area contributed by atoms with Crippen LogP contribution in [0.15, 0.2) is 30.3 Å². The summed E-state index contributed by atoms with van der Waals surface area (Å²) in [6.45, 7) is 3.67. The lowest BCUT2D eigenvalue weighted by atomic mass is 9.95. The van der Waals surface area contributed by atoms with E-state index in [4.69, 9.17) is 5.73 Å². The van der Waals surface area contributed by atoms with Crippen molar-refractivity contribution in [2.24, 2.45) is 11.7 Å². The number of nitrogens with one attached hydrogen (secondary N) is 1. The molecule has 2 heterocycles. The molecule has 1 fully saturated rings. The van der Waals surface area contributed by atoms with Crippen molar-refractivity contribution in [3.8, 4) is 0 Å². The third-order valence-electron chi connectivity index (χ3n) is 5.06. The van der Waals surface area contributed by atoms with E-state index in [1.54, 1.807) is 16.5 Å². The molecule has 1 aromatic heterocycles. The van der Waals surface area contributed by atoms with Gasteiger partial charge >= 0.3 is 0 Å². The van der Waals surface area contributed by atoms with Gasteiger partial charge in [0.15, 0.2) is 0 Å². The molecule has 2 unspecified atom stereocenters. The Morgan fingerprint density at radius 2 is 2.11 bits per heavy atom. The molecule has 0 saturated carbocycles. The van der Waals surface area contributed by atoms with Crippen molar-refractivity contribution >= 4 is 11.8 Å². The predicted octanol–water partition coefficient (Wildman–Crippen LogP) is 0.0788. The number of nitrogens with two attached hydrogens (primary N) is 1. The number of tetrazole rings is 1. The lowest BCUT2D eigenvalue weighted by Gasteiger charge is -2.34. The Kier molecular flexibility index (Phi) is 6.70. The van der Waals surface area contributed by atoms with E-state index >= 15 is 0 Å². The van der Waals surface area contributed by atoms with E-state index in [-0.39, 0.29) is 17.7 Å². The van der Waals surface area contributed by atoms with Crippen molar-refractivity contribution in [2.75, 3.05) is 26.2 Å². The molecule has 150 valence electrons. The number of hydrogen-bond acceptors (Lipinski definition) is 6. The minimum absolute atomic E-state index is 0.0406. The maximum absolute atomic E-state index is 13.4. The highest BCUT2D eigenvalue weighted by Crippen LogP contribution is 2.23. The summed E-state index contributed by atoms with van der Waals surface area (Å²) in [7, 11) is 0. The Bertz CT molecular complexity index is 793. The molecule has 1 saturated heterocycles. The molecule has 1 aliphatic rings. The van der Waals surface area contributed by atoms with Crippen LogP contribution in [0.5, 0.6) is 0 Å². The fraction of sp³-hybridized carbons (Fsp3) is 0.526. The minimum Gasteiger partial charge on any atom is -0.355 e. The molecular weight excluding hydrogens is 358 g/mol. The van der Waals surface area contributed by atoms with Crippen LogP contribution in [0, 0.1) is 12.8 Å². The van der Waals surface area contributed by atoms with Crippen LogP contribution in [0.25, 0.3) is 0 Å². The zero-order valence-electron chi connectivity index (χ0n) is 16.1. The number of hydrogen-bond donors (Lipinski definition) is 2. The molecule has 2 aromatic rings. The van der Waals surface area contributed by atoms with E-state index in [1.165, 1.54) is 0 Å². The quantitative estimate of drug-likeness (QED) is 0.697. The molecule has 2 atom stereocenters. The zero-order valence-corrected chi connectivity index (χ0v) is 16.1. The summed E-state index contributed by atoms with van der Waals surface area (Å²) in [5.74, 6) is 0.275. The average Bonchev–Trinajstić information content (AvgIpc) is 3.16. The second-order valence-corrected chi connectivity index (χ2v) is 7.08. The normalized spacial score (nSPS) is 17.9. The molecule has 9 heteroatoms. The molecule has 3 rings (SSSR count). The fourth-order valence-corrected chi connectivity index (χ4v) is 3.58. The molecule has 9 nitrogen and oxygen atoms in total. The Balaban J connectivity index is 1.77. The Hall–Kier alpha value is -2.81. The highest BCUT2D eigenvalue weighted by atomic mass is 16.2. The number of likely N-dealkylation sites (tertiary alicyclic amines) is 1. The van der Waals surface area contributed by atoms with Gasteiger partial charge < -0.3 is 16.0 Å². The van der Waals surface area contributed by atoms with Gasteiger partial charge in [-0.15, -0.1) is 5.10 Å². The topological polar surface area (TPSA) is 119 Å². The number of rotatable bonds is 7. The molecule has 0 aliphatic carbocycles. The van der Waals surface area contributed by atoms with Crippen LogP contribution < -0.4 is 11.1 Å². The number of benzene rings is 1. The van der Waals surface area contributed by atoms with Gasteiger partial charge in [-0.05, 0) is 35.8 Å². The van der Waals surface area contributed by atoms with Gasteiger partial charge in [-0.3, -0.25) is 9.59 Å². The predicted molar refractivity (Wildman–Crippen MR) is 103 cm³/mol. The summed E-state index contributed by atoms with van der Waals surface area (Å²) in [6, 6.07) is 9.27. The first-order valence-corrected chi connectivity index (χ1v) is 9.65. The molecular formula is C19H27N7O2. The summed E-state index contributed by atoms with van der Waals surface area (Å²) in [5, 5.41) is 14.5. The molecule has 1 aromatic carbocycles. The van der Waals surface area contributed by atoms with Gasteiger partial charge in [-0.25, -0.2) is 4.68 Å². The van der Waals surface area contributed by atoms with E-state index in [0.717, 1.165) is 18.4 Å². The van der Waals surface area contributed by atoms with Crippen LogP contribution in [0.1, 0.15) is 30.3 Å². The largest absolute Gasteiger partial charge is 0.355 e. The molecule has 0 spiro atoms. The number of amides is 2. The van der Waals surface area contributed by atoms with Gasteiger partial charge in [0, 0.05) is 32.6 Å². The highest BCUT2D eigenvalue weighted by molar-refractivity contribution is 5.83. The molecule has 3 N–H and O–H groups in total. The first-order valence-electron chi connectivity index (χ1n) is 9.65. The summed E-state index contributed by atoms with van der Waals surface area (Å²) < 4.78 is 1.58. The SMILES string of the molecule is Cc1nnnn1C(Cc1ccccc1)C(=O)N1CCCC(C(=O)NCCN)C1. The van der Waals surface area contributed by atoms with Crippen molar-refractivity contribution in [1.29, 1.82) is 0 Å². The van der Waals surface area contributed by atoms with Crippen molar-refractivity contribution in [1.82, 2.24) is 30.4 Å². The van der Waals surface area contributed by atoms with E-state index in [1.807, 2.05) is 30.3 Å². The summed E-state index contributed by atoms with van der Waals surface area (Å²) in [4.78, 5) is 27.5. The minimum atomic E-state index is -0.539. The molecule has 28 heavy (non-hydrogen) atoms. The van der Waals surface area contributed by atoms with Crippen LogP contribution in [-0.4, -0.2) is 63.1 Å². The Morgan fingerprint density at radius 1 is 1.32 bits per heavy atom. The van der Waals surface area contributed by atoms with Crippen molar-refractivity contribution in [2.45, 2.75) is 32.2 Å². The molecule has 0 radical (unpaired) electrons. The van der Waals surface area contributed by atoms with Crippen LogP contribution in [0.2, 0.25) is 0 Å². The van der Waals surface area contributed by atoms with Crippen LogP contribution in [0.4, 0.5) is 0 Å².